The fourth-order valence-electron chi connectivity index (χ4n) is 2.21. The van der Waals surface area contributed by atoms with Crippen molar-refractivity contribution in [1.82, 2.24) is 18.7 Å². The summed E-state index contributed by atoms with van der Waals surface area (Å²) >= 11 is 0. The molecule has 25 heavy (non-hydrogen) atoms. The van der Waals surface area contributed by atoms with E-state index >= 15 is 0 Å². The van der Waals surface area contributed by atoms with Crippen molar-refractivity contribution in [3.8, 4) is 0 Å². The predicted octanol–water partition coefficient (Wildman–Crippen LogP) is -0.0178. The van der Waals surface area contributed by atoms with Crippen LogP contribution in [0.4, 0.5) is 0 Å². The van der Waals surface area contributed by atoms with Gasteiger partial charge in [-0.15, -0.1) is 0 Å². The van der Waals surface area contributed by atoms with Crippen molar-refractivity contribution >= 4 is 22.9 Å². The molecule has 136 valence electrons. The average molecular weight is 350 g/mol. The quantitative estimate of drug-likeness (QED) is 0.702. The van der Waals surface area contributed by atoms with Crippen LogP contribution in [-0.2, 0) is 35.0 Å². The highest BCUT2D eigenvalue weighted by Gasteiger charge is 2.22. The van der Waals surface area contributed by atoms with Gasteiger partial charge in [0.15, 0.2) is 23.6 Å². The molecule has 0 saturated carbocycles. The number of rotatable bonds is 5. The average Bonchev–Trinajstić information content (AvgIpc) is 2.97. The number of imidazole rings is 1. The highest BCUT2D eigenvalue weighted by Crippen LogP contribution is 2.14. The summed E-state index contributed by atoms with van der Waals surface area (Å²) in [5, 5.41) is 0. The Labute approximate surface area is 143 Å². The molecule has 9 nitrogen and oxygen atoms in total. The lowest BCUT2D eigenvalue weighted by Gasteiger charge is -2.16. The van der Waals surface area contributed by atoms with Crippen LogP contribution in [0.1, 0.15) is 27.2 Å². The first-order valence-electron chi connectivity index (χ1n) is 7.84. The number of carbonyl (C=O) groups is 2. The van der Waals surface area contributed by atoms with Gasteiger partial charge in [-0.3, -0.25) is 23.5 Å². The summed E-state index contributed by atoms with van der Waals surface area (Å²) in [5.41, 5.74) is -1.03. The van der Waals surface area contributed by atoms with E-state index in [0.29, 0.717) is 0 Å². The SMILES string of the molecule is Cn1c(=O)c2c(ncn2CCC(=O)OCC(=O)C(C)(C)C)n(C)c1=O. The summed E-state index contributed by atoms with van der Waals surface area (Å²) < 4.78 is 8.74. The summed E-state index contributed by atoms with van der Waals surface area (Å²) in [6.07, 6.45) is 1.38. The smallest absolute Gasteiger partial charge is 0.332 e. The monoisotopic (exact) mass is 350 g/mol. The molecule has 0 unspecified atom stereocenters. The number of fused-ring (bicyclic) bond motifs is 1. The second kappa shape index (κ2) is 6.66. The molecule has 9 heteroatoms. The maximum Gasteiger partial charge on any atom is 0.332 e. The molecule has 2 heterocycles. The number of aryl methyl sites for hydroxylation is 2. The van der Waals surface area contributed by atoms with Crippen molar-refractivity contribution in [1.29, 1.82) is 0 Å². The molecule has 0 radical (unpaired) electrons. The number of ether oxygens (including phenoxy) is 1. The van der Waals surface area contributed by atoms with E-state index in [1.54, 1.807) is 20.8 Å². The zero-order chi connectivity index (χ0) is 18.9. The maximum absolute atomic E-state index is 12.3. The standard InChI is InChI=1S/C16H22N4O5/c1-16(2,3)10(21)8-25-11(22)6-7-20-9-17-13-12(20)14(23)19(5)15(24)18(13)4/h9H,6-8H2,1-5H3. The summed E-state index contributed by atoms with van der Waals surface area (Å²) in [6, 6.07) is 0. The zero-order valence-electron chi connectivity index (χ0n) is 15.0. The normalized spacial score (nSPS) is 11.7. The van der Waals surface area contributed by atoms with E-state index in [1.807, 2.05) is 0 Å². The molecule has 0 atom stereocenters. The summed E-state index contributed by atoms with van der Waals surface area (Å²) in [5.74, 6) is -0.709. The predicted molar refractivity (Wildman–Crippen MR) is 90.3 cm³/mol. The molecule has 0 saturated heterocycles. The van der Waals surface area contributed by atoms with Crippen molar-refractivity contribution < 1.29 is 14.3 Å². The third kappa shape index (κ3) is 3.70. The fourth-order valence-corrected chi connectivity index (χ4v) is 2.21. The third-order valence-electron chi connectivity index (χ3n) is 3.97. The maximum atomic E-state index is 12.3. The van der Waals surface area contributed by atoms with Gasteiger partial charge in [0, 0.05) is 26.1 Å². The van der Waals surface area contributed by atoms with Crippen LogP contribution >= 0.6 is 0 Å². The number of esters is 1. The fraction of sp³-hybridized carbons (Fsp3) is 0.562. The number of ketones is 1. The minimum Gasteiger partial charge on any atom is -0.458 e. The van der Waals surface area contributed by atoms with E-state index in [4.69, 9.17) is 4.74 Å². The molecule has 2 rings (SSSR count). The molecule has 0 aliphatic heterocycles. The van der Waals surface area contributed by atoms with E-state index in [0.717, 1.165) is 4.57 Å². The molecular formula is C16H22N4O5. The van der Waals surface area contributed by atoms with Crippen LogP contribution in [0, 0.1) is 5.41 Å². The highest BCUT2D eigenvalue weighted by molar-refractivity contribution is 5.86. The first-order chi connectivity index (χ1) is 11.5. The van der Waals surface area contributed by atoms with Gasteiger partial charge >= 0.3 is 11.7 Å². The first-order valence-corrected chi connectivity index (χ1v) is 7.84. The number of nitrogens with zero attached hydrogens (tertiary/aromatic N) is 4. The lowest BCUT2D eigenvalue weighted by Crippen LogP contribution is -2.37. The van der Waals surface area contributed by atoms with E-state index in [2.05, 4.69) is 4.98 Å². The molecule has 0 aliphatic carbocycles. The van der Waals surface area contributed by atoms with Crippen LogP contribution in [0.15, 0.2) is 15.9 Å². The highest BCUT2D eigenvalue weighted by atomic mass is 16.5. The van der Waals surface area contributed by atoms with Crippen molar-refractivity contribution in [2.45, 2.75) is 33.7 Å². The van der Waals surface area contributed by atoms with E-state index in [-0.39, 0.29) is 36.5 Å². The van der Waals surface area contributed by atoms with Gasteiger partial charge in [0.1, 0.15) is 0 Å². The Balaban J connectivity index is 2.12. The molecule has 0 bridgehead atoms. The van der Waals surface area contributed by atoms with Crippen LogP contribution in [0.3, 0.4) is 0 Å². The van der Waals surface area contributed by atoms with Gasteiger partial charge in [-0.1, -0.05) is 20.8 Å². The lowest BCUT2D eigenvalue weighted by atomic mass is 9.91. The second-order valence-electron chi connectivity index (χ2n) is 6.90. The molecule has 0 aliphatic rings. The molecule has 0 aromatic carbocycles. The first kappa shape index (κ1) is 18.6. The number of Topliss-reactive ketones (excluding diaryl/α,β-unsaturated/α-hetero) is 1. The van der Waals surface area contributed by atoms with Gasteiger partial charge in [-0.05, 0) is 0 Å². The minimum atomic E-state index is -0.572. The van der Waals surface area contributed by atoms with E-state index in [1.165, 1.54) is 29.6 Å². The number of hydrogen-bond donors (Lipinski definition) is 0. The number of carbonyl (C=O) groups excluding carboxylic acids is 2. The lowest BCUT2D eigenvalue weighted by molar-refractivity contribution is -0.150. The van der Waals surface area contributed by atoms with Gasteiger partial charge in [0.25, 0.3) is 5.56 Å². The Morgan fingerprint density at radius 3 is 2.40 bits per heavy atom. The Kier molecular flexibility index (Phi) is 4.96. The van der Waals surface area contributed by atoms with Crippen LogP contribution in [0.25, 0.3) is 11.2 Å². The molecule has 0 N–H and O–H groups in total. The van der Waals surface area contributed by atoms with Crippen LogP contribution in [0.2, 0.25) is 0 Å². The summed E-state index contributed by atoms with van der Waals surface area (Å²) in [6.45, 7) is 5.14. The van der Waals surface area contributed by atoms with Crippen molar-refractivity contribution in [3.05, 3.63) is 27.2 Å². The van der Waals surface area contributed by atoms with Crippen LogP contribution in [0.5, 0.6) is 0 Å². The molecule has 2 aromatic rings. The Hall–Kier alpha value is -2.71. The van der Waals surface area contributed by atoms with Gasteiger partial charge in [0.05, 0.1) is 12.7 Å². The number of hydrogen-bond acceptors (Lipinski definition) is 6. The third-order valence-corrected chi connectivity index (χ3v) is 3.97. The minimum absolute atomic E-state index is 0.0190. The summed E-state index contributed by atoms with van der Waals surface area (Å²) in [4.78, 5) is 51.8. The van der Waals surface area contributed by atoms with Crippen LogP contribution in [-0.4, -0.2) is 37.0 Å². The molecule has 0 spiro atoms. The van der Waals surface area contributed by atoms with E-state index in [9.17, 15) is 19.2 Å². The topological polar surface area (TPSA) is 105 Å². The van der Waals surface area contributed by atoms with Crippen molar-refractivity contribution in [2.75, 3.05) is 6.61 Å². The van der Waals surface area contributed by atoms with Gasteiger partial charge in [-0.2, -0.15) is 0 Å². The van der Waals surface area contributed by atoms with Gasteiger partial charge in [0.2, 0.25) is 0 Å². The summed E-state index contributed by atoms with van der Waals surface area (Å²) in [7, 11) is 2.90. The molecule has 0 amide bonds. The Bertz CT molecular complexity index is 942. The van der Waals surface area contributed by atoms with Crippen molar-refractivity contribution in [3.63, 3.8) is 0 Å². The van der Waals surface area contributed by atoms with Gasteiger partial charge < -0.3 is 9.30 Å². The molecular weight excluding hydrogens is 328 g/mol. The Morgan fingerprint density at radius 2 is 1.80 bits per heavy atom. The molecule has 0 fully saturated rings. The molecule has 2 aromatic heterocycles. The van der Waals surface area contributed by atoms with Crippen LogP contribution < -0.4 is 11.2 Å². The largest absolute Gasteiger partial charge is 0.458 e. The number of aromatic nitrogens is 4. The Morgan fingerprint density at radius 1 is 1.16 bits per heavy atom. The van der Waals surface area contributed by atoms with Crippen molar-refractivity contribution in [2.24, 2.45) is 19.5 Å². The van der Waals surface area contributed by atoms with Gasteiger partial charge in [-0.25, -0.2) is 9.78 Å². The second-order valence-corrected chi connectivity index (χ2v) is 6.90. The zero-order valence-corrected chi connectivity index (χ0v) is 15.0. The van der Waals surface area contributed by atoms with E-state index < -0.39 is 22.6 Å².